The van der Waals surface area contributed by atoms with Crippen LogP contribution in [0.5, 0.6) is 0 Å². The van der Waals surface area contributed by atoms with E-state index in [-0.39, 0.29) is 27.7 Å². The average molecular weight is 331 g/mol. The van der Waals surface area contributed by atoms with Crippen LogP contribution < -0.4 is 5.32 Å². The Morgan fingerprint density at radius 1 is 1.38 bits per heavy atom. The first-order valence-electron chi connectivity index (χ1n) is 6.80. The van der Waals surface area contributed by atoms with Crippen molar-refractivity contribution in [1.29, 1.82) is 0 Å². The summed E-state index contributed by atoms with van der Waals surface area (Å²) in [7, 11) is 0. The molecule has 0 aromatic carbocycles. The molecule has 1 atom stereocenters. The van der Waals surface area contributed by atoms with Gasteiger partial charge in [0.25, 0.3) is 5.91 Å². The molecule has 1 N–H and O–H groups in total. The fourth-order valence-corrected chi connectivity index (χ4v) is 2.47. The number of esters is 1. The molecule has 1 aliphatic carbocycles. The van der Waals surface area contributed by atoms with Crippen LogP contribution in [0.15, 0.2) is 12.3 Å². The van der Waals surface area contributed by atoms with Crippen LogP contribution in [0.3, 0.4) is 0 Å². The first-order chi connectivity index (χ1) is 9.97. The number of ether oxygens (including phenoxy) is 1. The van der Waals surface area contributed by atoms with Crippen LogP contribution >= 0.6 is 23.2 Å². The van der Waals surface area contributed by atoms with E-state index in [1.165, 1.54) is 19.2 Å². The highest BCUT2D eigenvalue weighted by molar-refractivity contribution is 6.41. The number of nitrogens with one attached hydrogen (secondary N) is 1. The second-order valence-corrected chi connectivity index (χ2v) is 5.80. The Hall–Kier alpha value is -1.33. The van der Waals surface area contributed by atoms with Gasteiger partial charge in [0.1, 0.15) is 5.15 Å². The number of carbonyl (C=O) groups is 2. The minimum Gasteiger partial charge on any atom is -0.449 e. The summed E-state index contributed by atoms with van der Waals surface area (Å²) in [6, 6.07) is 1.55. The molecule has 0 aliphatic heterocycles. The molecule has 21 heavy (non-hydrogen) atoms. The van der Waals surface area contributed by atoms with Crippen molar-refractivity contribution < 1.29 is 14.3 Å². The largest absolute Gasteiger partial charge is 0.449 e. The van der Waals surface area contributed by atoms with Crippen molar-refractivity contribution in [3.8, 4) is 0 Å². The first kappa shape index (κ1) is 16.0. The van der Waals surface area contributed by atoms with Crippen LogP contribution in [0.1, 0.15) is 43.0 Å². The van der Waals surface area contributed by atoms with Crippen molar-refractivity contribution in [2.45, 2.75) is 44.8 Å². The number of hydrogen-bond donors (Lipinski definition) is 1. The van der Waals surface area contributed by atoms with Gasteiger partial charge in [0.2, 0.25) is 0 Å². The molecule has 1 fully saturated rings. The van der Waals surface area contributed by atoms with E-state index in [2.05, 4.69) is 10.3 Å². The summed E-state index contributed by atoms with van der Waals surface area (Å²) in [6.45, 7) is 1.53. The van der Waals surface area contributed by atoms with Crippen molar-refractivity contribution in [3.05, 3.63) is 28.0 Å². The van der Waals surface area contributed by atoms with Crippen molar-refractivity contribution in [1.82, 2.24) is 10.3 Å². The lowest BCUT2D eigenvalue weighted by molar-refractivity contribution is -0.129. The molecule has 114 valence electrons. The molecule has 0 saturated heterocycles. The molecule has 7 heteroatoms. The zero-order chi connectivity index (χ0) is 15.4. The summed E-state index contributed by atoms with van der Waals surface area (Å²) in [6.07, 6.45) is 4.58. The van der Waals surface area contributed by atoms with Crippen LogP contribution in [-0.4, -0.2) is 29.0 Å². The van der Waals surface area contributed by atoms with E-state index in [1.807, 2.05) is 0 Å². The Labute approximate surface area is 133 Å². The summed E-state index contributed by atoms with van der Waals surface area (Å²) in [5.74, 6) is -0.946. The topological polar surface area (TPSA) is 68.3 Å². The van der Waals surface area contributed by atoms with Gasteiger partial charge in [0, 0.05) is 12.2 Å². The van der Waals surface area contributed by atoms with E-state index in [1.54, 1.807) is 0 Å². The Bertz CT molecular complexity index is 545. The predicted octanol–water partition coefficient (Wildman–Crippen LogP) is 2.99. The summed E-state index contributed by atoms with van der Waals surface area (Å²) < 4.78 is 5.11. The highest BCUT2D eigenvalue weighted by Crippen LogP contribution is 2.20. The molecule has 1 amide bonds. The van der Waals surface area contributed by atoms with Gasteiger partial charge in [-0.1, -0.05) is 36.0 Å². The lowest BCUT2D eigenvalue weighted by atomic mass is 10.2. The molecular formula is C14H16Cl2N2O3. The first-order valence-corrected chi connectivity index (χ1v) is 7.55. The Balaban J connectivity index is 1.91. The van der Waals surface area contributed by atoms with Gasteiger partial charge in [0.05, 0.1) is 10.6 Å². The second kappa shape index (κ2) is 7.09. The molecule has 1 aromatic heterocycles. The van der Waals surface area contributed by atoms with Gasteiger partial charge in [-0.3, -0.25) is 4.79 Å². The number of halogens is 2. The number of pyridine rings is 1. The number of rotatable bonds is 4. The summed E-state index contributed by atoms with van der Waals surface area (Å²) >= 11 is 11.5. The third kappa shape index (κ3) is 4.32. The fraction of sp³-hybridized carbons (Fsp3) is 0.500. The molecule has 1 saturated carbocycles. The third-order valence-electron chi connectivity index (χ3n) is 3.39. The Morgan fingerprint density at radius 2 is 2.05 bits per heavy atom. The van der Waals surface area contributed by atoms with Gasteiger partial charge in [-0.15, -0.1) is 0 Å². The molecule has 1 aromatic rings. The number of nitrogens with zero attached hydrogens (tertiary/aromatic N) is 1. The number of aromatic nitrogens is 1. The minimum absolute atomic E-state index is 0.111. The molecule has 0 bridgehead atoms. The lowest BCUT2D eigenvalue weighted by Gasteiger charge is -2.17. The quantitative estimate of drug-likeness (QED) is 0.680. The Kier molecular flexibility index (Phi) is 5.42. The van der Waals surface area contributed by atoms with Crippen molar-refractivity contribution in [2.75, 3.05) is 0 Å². The maximum Gasteiger partial charge on any atom is 0.340 e. The SMILES string of the molecule is C[C@@H](OC(=O)c1cnc(Cl)c(Cl)c1)C(=O)NC1CCCC1. The maximum absolute atomic E-state index is 11.9. The standard InChI is InChI=1S/C14H16Cl2N2O3/c1-8(13(19)18-10-4-2-3-5-10)21-14(20)9-6-11(15)12(16)17-7-9/h6-8,10H,2-5H2,1H3,(H,18,19)/t8-/m1/s1. The molecule has 0 unspecified atom stereocenters. The second-order valence-electron chi connectivity index (χ2n) is 5.03. The maximum atomic E-state index is 11.9. The molecule has 0 spiro atoms. The number of hydrogen-bond acceptors (Lipinski definition) is 4. The zero-order valence-corrected chi connectivity index (χ0v) is 13.1. The predicted molar refractivity (Wildman–Crippen MR) is 79.5 cm³/mol. The minimum atomic E-state index is -0.868. The van der Waals surface area contributed by atoms with Gasteiger partial charge in [0.15, 0.2) is 6.10 Å². The highest BCUT2D eigenvalue weighted by atomic mass is 35.5. The normalized spacial score (nSPS) is 16.5. The summed E-state index contributed by atoms with van der Waals surface area (Å²) in [5, 5.41) is 3.15. The van der Waals surface area contributed by atoms with Gasteiger partial charge >= 0.3 is 5.97 Å². The van der Waals surface area contributed by atoms with Gasteiger partial charge in [-0.25, -0.2) is 9.78 Å². The van der Waals surface area contributed by atoms with E-state index < -0.39 is 12.1 Å². The molecular weight excluding hydrogens is 315 g/mol. The third-order valence-corrected chi connectivity index (χ3v) is 4.07. The monoisotopic (exact) mass is 330 g/mol. The van der Waals surface area contributed by atoms with Gasteiger partial charge in [-0.2, -0.15) is 0 Å². The van der Waals surface area contributed by atoms with E-state index in [9.17, 15) is 9.59 Å². The molecule has 0 radical (unpaired) electrons. The molecule has 1 aliphatic rings. The van der Waals surface area contributed by atoms with Crippen LogP contribution in [0, 0.1) is 0 Å². The number of amides is 1. The smallest absolute Gasteiger partial charge is 0.340 e. The van der Waals surface area contributed by atoms with Crippen LogP contribution in [0.2, 0.25) is 10.2 Å². The van der Waals surface area contributed by atoms with E-state index in [4.69, 9.17) is 27.9 Å². The average Bonchev–Trinajstić information content (AvgIpc) is 2.94. The molecule has 1 heterocycles. The van der Waals surface area contributed by atoms with E-state index >= 15 is 0 Å². The summed E-state index contributed by atoms with van der Waals surface area (Å²) in [4.78, 5) is 27.6. The van der Waals surface area contributed by atoms with Crippen molar-refractivity contribution in [2.24, 2.45) is 0 Å². The fourth-order valence-electron chi connectivity index (χ4n) is 2.20. The van der Waals surface area contributed by atoms with Gasteiger partial charge in [-0.05, 0) is 25.8 Å². The molecule has 5 nitrogen and oxygen atoms in total. The Morgan fingerprint density at radius 3 is 2.67 bits per heavy atom. The van der Waals surface area contributed by atoms with Crippen LogP contribution in [0.4, 0.5) is 0 Å². The zero-order valence-electron chi connectivity index (χ0n) is 11.6. The van der Waals surface area contributed by atoms with E-state index in [0.29, 0.717) is 0 Å². The van der Waals surface area contributed by atoms with Gasteiger partial charge < -0.3 is 10.1 Å². The van der Waals surface area contributed by atoms with Crippen LogP contribution in [0.25, 0.3) is 0 Å². The summed E-state index contributed by atoms with van der Waals surface area (Å²) in [5.41, 5.74) is 0.157. The highest BCUT2D eigenvalue weighted by Gasteiger charge is 2.23. The van der Waals surface area contributed by atoms with E-state index in [0.717, 1.165) is 25.7 Å². The van der Waals surface area contributed by atoms with Crippen LogP contribution in [-0.2, 0) is 9.53 Å². The number of carbonyl (C=O) groups excluding carboxylic acids is 2. The van der Waals surface area contributed by atoms with Crippen molar-refractivity contribution in [3.63, 3.8) is 0 Å². The molecule has 2 rings (SSSR count). The lowest BCUT2D eigenvalue weighted by Crippen LogP contribution is -2.40. The van der Waals surface area contributed by atoms with Crippen molar-refractivity contribution >= 4 is 35.1 Å².